The molecular formula is C41H76O3. The first-order chi connectivity index (χ1) is 21.6. The fraction of sp³-hybridized carbons (Fsp3) is 0.854. The van der Waals surface area contributed by atoms with Crippen molar-refractivity contribution in [3.8, 4) is 0 Å². The molecule has 0 aliphatic carbocycles. The lowest BCUT2D eigenvalue weighted by molar-refractivity contribution is -0.131. The number of hydrogen-bond acceptors (Lipinski definition) is 2. The van der Waals surface area contributed by atoms with E-state index in [0.29, 0.717) is 12.0 Å². The summed E-state index contributed by atoms with van der Waals surface area (Å²) in [6.07, 6.45) is 47.5. The monoisotopic (exact) mass is 617 g/mol. The molecule has 0 unspecified atom stereocenters. The summed E-state index contributed by atoms with van der Waals surface area (Å²) < 4.78 is 0. The van der Waals surface area contributed by atoms with Crippen LogP contribution in [0.3, 0.4) is 0 Å². The van der Waals surface area contributed by atoms with Crippen LogP contribution in [0.1, 0.15) is 226 Å². The van der Waals surface area contributed by atoms with E-state index in [-0.39, 0.29) is 5.78 Å². The molecule has 0 rings (SSSR count). The quantitative estimate of drug-likeness (QED) is 0.0563. The smallest absolute Gasteiger partial charge is 0.328 e. The molecule has 0 heterocycles. The van der Waals surface area contributed by atoms with Gasteiger partial charge in [-0.15, -0.1) is 0 Å². The first kappa shape index (κ1) is 42.6. The third kappa shape index (κ3) is 33.5. The second-order valence-corrected chi connectivity index (χ2v) is 13.6. The highest BCUT2D eigenvalue weighted by Gasteiger charge is 2.08. The third-order valence-electron chi connectivity index (χ3n) is 9.16. The molecular weight excluding hydrogens is 540 g/mol. The molecule has 258 valence electrons. The average molecular weight is 617 g/mol. The number of allylic oxidation sites excluding steroid dienone is 3. The Balaban J connectivity index is 3.69. The van der Waals surface area contributed by atoms with Crippen LogP contribution in [-0.4, -0.2) is 16.9 Å². The maximum atomic E-state index is 12.6. The molecule has 0 bridgehead atoms. The summed E-state index contributed by atoms with van der Waals surface area (Å²) in [4.78, 5) is 23.9. The lowest BCUT2D eigenvalue weighted by atomic mass is 10.00. The van der Waals surface area contributed by atoms with E-state index in [9.17, 15) is 14.7 Å². The molecule has 0 atom stereocenters. The predicted molar refractivity (Wildman–Crippen MR) is 194 cm³/mol. The molecule has 0 fully saturated rings. The van der Waals surface area contributed by atoms with Crippen LogP contribution >= 0.6 is 0 Å². The van der Waals surface area contributed by atoms with Crippen LogP contribution in [0.5, 0.6) is 0 Å². The zero-order valence-corrected chi connectivity index (χ0v) is 29.8. The molecule has 0 spiro atoms. The molecule has 0 aromatic heterocycles. The normalized spacial score (nSPS) is 12.0. The summed E-state index contributed by atoms with van der Waals surface area (Å²) >= 11 is 0. The van der Waals surface area contributed by atoms with Crippen molar-refractivity contribution in [2.75, 3.05) is 0 Å². The van der Waals surface area contributed by atoms with Gasteiger partial charge in [-0.05, 0) is 31.8 Å². The van der Waals surface area contributed by atoms with E-state index in [2.05, 4.69) is 13.8 Å². The number of hydrogen-bond donors (Lipinski definition) is 1. The van der Waals surface area contributed by atoms with E-state index in [4.69, 9.17) is 0 Å². The van der Waals surface area contributed by atoms with Gasteiger partial charge in [0.1, 0.15) is 0 Å². The number of carbonyl (C=O) groups excluding carboxylic acids is 1. The minimum atomic E-state index is -1.01. The largest absolute Gasteiger partial charge is 0.478 e. The van der Waals surface area contributed by atoms with Crippen LogP contribution in [0.25, 0.3) is 0 Å². The minimum Gasteiger partial charge on any atom is -0.478 e. The van der Waals surface area contributed by atoms with E-state index in [1.807, 2.05) is 6.08 Å². The van der Waals surface area contributed by atoms with Crippen LogP contribution in [-0.2, 0) is 9.59 Å². The lowest BCUT2D eigenvalue weighted by Crippen LogP contribution is -2.03. The molecule has 0 saturated carbocycles. The average Bonchev–Trinajstić information content (AvgIpc) is 3.01. The van der Waals surface area contributed by atoms with Gasteiger partial charge in [-0.25, -0.2) is 4.79 Å². The summed E-state index contributed by atoms with van der Waals surface area (Å²) in [5.41, 5.74) is 0.454. The molecule has 3 nitrogen and oxygen atoms in total. The van der Waals surface area contributed by atoms with Crippen LogP contribution in [0.2, 0.25) is 0 Å². The standard InChI is InChI=1S/C41H76O3/c1-3-5-7-9-11-13-15-17-19-20-21-23-24-26-28-30-32-34-36-39(38-41(43)44)40(42)37-35-33-31-29-27-25-22-18-16-14-12-10-8-6-4-2/h35,37-38H,3-34,36H2,1-2H3,(H,43,44). The van der Waals surface area contributed by atoms with Gasteiger partial charge in [0.05, 0.1) is 0 Å². The van der Waals surface area contributed by atoms with Crippen molar-refractivity contribution >= 4 is 11.8 Å². The van der Waals surface area contributed by atoms with Gasteiger partial charge in [0.2, 0.25) is 0 Å². The fourth-order valence-corrected chi connectivity index (χ4v) is 6.21. The maximum absolute atomic E-state index is 12.6. The Morgan fingerprint density at radius 1 is 0.432 bits per heavy atom. The third-order valence-corrected chi connectivity index (χ3v) is 9.16. The van der Waals surface area contributed by atoms with Crippen molar-refractivity contribution < 1.29 is 14.7 Å². The van der Waals surface area contributed by atoms with Gasteiger partial charge < -0.3 is 5.11 Å². The highest BCUT2D eigenvalue weighted by atomic mass is 16.4. The Morgan fingerprint density at radius 2 is 0.727 bits per heavy atom. The van der Waals surface area contributed by atoms with Gasteiger partial charge in [-0.3, -0.25) is 4.79 Å². The Hall–Kier alpha value is -1.38. The first-order valence-electron chi connectivity index (χ1n) is 19.8. The predicted octanol–water partition coefficient (Wildman–Crippen LogP) is 14.0. The van der Waals surface area contributed by atoms with E-state index in [1.165, 1.54) is 180 Å². The molecule has 0 amide bonds. The second kappa shape index (κ2) is 36.1. The topological polar surface area (TPSA) is 54.4 Å². The Labute approximate surface area is 275 Å². The van der Waals surface area contributed by atoms with Gasteiger partial charge in [0.25, 0.3) is 0 Å². The Kier molecular flexibility index (Phi) is 35.0. The summed E-state index contributed by atoms with van der Waals surface area (Å²) in [5.74, 6) is -1.13. The molecule has 0 aliphatic rings. The highest BCUT2D eigenvalue weighted by molar-refractivity contribution is 6.06. The summed E-state index contributed by atoms with van der Waals surface area (Å²) in [7, 11) is 0. The summed E-state index contributed by atoms with van der Waals surface area (Å²) in [6, 6.07) is 0. The number of unbranched alkanes of at least 4 members (excludes halogenated alkanes) is 30. The second-order valence-electron chi connectivity index (χ2n) is 13.6. The van der Waals surface area contributed by atoms with Crippen molar-refractivity contribution in [1.82, 2.24) is 0 Å². The number of ketones is 1. The van der Waals surface area contributed by atoms with E-state index >= 15 is 0 Å². The summed E-state index contributed by atoms with van der Waals surface area (Å²) in [6.45, 7) is 4.56. The number of carboxylic acids is 1. The molecule has 0 aliphatic heterocycles. The van der Waals surface area contributed by atoms with Gasteiger partial charge in [-0.2, -0.15) is 0 Å². The van der Waals surface area contributed by atoms with Gasteiger partial charge in [-0.1, -0.05) is 206 Å². The SMILES string of the molecule is CCCCCCCCCCCCCCCC=CC(=O)C(=CC(=O)O)CCCCCCCCCCCCCCCCCCCC. The molecule has 0 aromatic carbocycles. The Bertz CT molecular complexity index is 677. The van der Waals surface area contributed by atoms with Crippen molar-refractivity contribution in [1.29, 1.82) is 0 Å². The molecule has 44 heavy (non-hydrogen) atoms. The molecule has 1 N–H and O–H groups in total. The number of carbonyl (C=O) groups is 2. The van der Waals surface area contributed by atoms with Crippen LogP contribution in [0.15, 0.2) is 23.8 Å². The maximum Gasteiger partial charge on any atom is 0.328 e. The van der Waals surface area contributed by atoms with Crippen molar-refractivity contribution in [2.45, 2.75) is 226 Å². The first-order valence-corrected chi connectivity index (χ1v) is 19.8. The molecule has 0 radical (unpaired) electrons. The number of carboxylic acid groups (broad SMARTS) is 1. The lowest BCUT2D eigenvalue weighted by Gasteiger charge is -2.05. The van der Waals surface area contributed by atoms with Crippen LogP contribution < -0.4 is 0 Å². The highest BCUT2D eigenvalue weighted by Crippen LogP contribution is 2.17. The van der Waals surface area contributed by atoms with Crippen molar-refractivity contribution in [2.24, 2.45) is 0 Å². The fourth-order valence-electron chi connectivity index (χ4n) is 6.21. The van der Waals surface area contributed by atoms with Gasteiger partial charge >= 0.3 is 5.97 Å². The van der Waals surface area contributed by atoms with E-state index < -0.39 is 5.97 Å². The zero-order valence-electron chi connectivity index (χ0n) is 29.8. The van der Waals surface area contributed by atoms with Crippen LogP contribution in [0, 0.1) is 0 Å². The van der Waals surface area contributed by atoms with Crippen molar-refractivity contribution in [3.63, 3.8) is 0 Å². The summed E-state index contributed by atoms with van der Waals surface area (Å²) in [5, 5.41) is 9.24. The van der Waals surface area contributed by atoms with Crippen LogP contribution in [0.4, 0.5) is 0 Å². The Morgan fingerprint density at radius 3 is 1.05 bits per heavy atom. The van der Waals surface area contributed by atoms with Gasteiger partial charge in [0, 0.05) is 11.6 Å². The van der Waals surface area contributed by atoms with Gasteiger partial charge in [0.15, 0.2) is 5.78 Å². The minimum absolute atomic E-state index is 0.117. The van der Waals surface area contributed by atoms with Crippen molar-refractivity contribution in [3.05, 3.63) is 23.8 Å². The molecule has 0 aromatic rings. The zero-order chi connectivity index (χ0) is 32.2. The molecule has 3 heteroatoms. The number of rotatable bonds is 36. The molecule has 0 saturated heterocycles. The van der Waals surface area contributed by atoms with E-state index in [1.54, 1.807) is 6.08 Å². The van der Waals surface area contributed by atoms with E-state index in [0.717, 1.165) is 31.8 Å². The number of aliphatic carboxylic acids is 1.